The lowest BCUT2D eigenvalue weighted by atomic mass is 10.4. The van der Waals surface area contributed by atoms with Gasteiger partial charge in [0.05, 0.1) is 18.8 Å². The second-order valence-corrected chi connectivity index (χ2v) is 4.92. The number of hydrogen-bond acceptors (Lipinski definition) is 5. The maximum atomic E-state index is 4.35. The molecular weight excluding hydrogens is 292 g/mol. The van der Waals surface area contributed by atoms with Crippen LogP contribution in [0.5, 0.6) is 0 Å². The Bertz CT molecular complexity index is 823. The Morgan fingerprint density at radius 1 is 1.17 bits per heavy atom. The van der Waals surface area contributed by atoms with E-state index in [4.69, 9.17) is 0 Å². The second kappa shape index (κ2) is 6.82. The highest BCUT2D eigenvalue weighted by Crippen LogP contribution is 2.02. The van der Waals surface area contributed by atoms with Crippen molar-refractivity contribution in [3.8, 4) is 0 Å². The maximum absolute atomic E-state index is 4.35. The zero-order valence-electron chi connectivity index (χ0n) is 13.1. The average molecular weight is 310 g/mol. The number of nitrogens with one attached hydrogen (secondary N) is 2. The van der Waals surface area contributed by atoms with Crippen molar-refractivity contribution in [3.05, 3.63) is 54.0 Å². The van der Waals surface area contributed by atoms with Crippen LogP contribution in [-0.2, 0) is 13.1 Å². The molecule has 0 atom stereocenters. The summed E-state index contributed by atoms with van der Waals surface area (Å²) in [6.07, 6.45) is 3.68. The first-order valence-corrected chi connectivity index (χ1v) is 7.28. The van der Waals surface area contributed by atoms with E-state index < -0.39 is 0 Å². The van der Waals surface area contributed by atoms with Gasteiger partial charge in [-0.1, -0.05) is 6.07 Å². The van der Waals surface area contributed by atoms with Gasteiger partial charge in [0.2, 0.25) is 0 Å². The van der Waals surface area contributed by atoms with Crippen molar-refractivity contribution in [1.29, 1.82) is 0 Å². The zero-order valence-corrected chi connectivity index (χ0v) is 13.1. The lowest BCUT2D eigenvalue weighted by Gasteiger charge is -2.11. The number of guanidine groups is 1. The molecule has 0 radical (unpaired) electrons. The fourth-order valence-electron chi connectivity index (χ4n) is 2.17. The Balaban J connectivity index is 1.60. The van der Waals surface area contributed by atoms with E-state index in [-0.39, 0.29) is 0 Å². The van der Waals surface area contributed by atoms with Crippen molar-refractivity contribution < 1.29 is 0 Å². The van der Waals surface area contributed by atoms with E-state index in [2.05, 4.69) is 35.8 Å². The highest BCUT2D eigenvalue weighted by molar-refractivity contribution is 5.79. The average Bonchev–Trinajstić information content (AvgIpc) is 2.98. The standard InChI is InChI=1S/C15H18N8/c1-11-17-7-6-12(20-11)9-18-15(16-2)19-10-14-22-21-13-5-3-4-8-23(13)14/h3-8H,9-10H2,1-2H3,(H2,16,18,19). The minimum absolute atomic E-state index is 0.521. The predicted molar refractivity (Wildman–Crippen MR) is 86.8 cm³/mol. The van der Waals surface area contributed by atoms with Crippen LogP contribution >= 0.6 is 0 Å². The molecule has 3 aromatic heterocycles. The van der Waals surface area contributed by atoms with Crippen molar-refractivity contribution in [3.63, 3.8) is 0 Å². The van der Waals surface area contributed by atoms with Crippen LogP contribution in [0.15, 0.2) is 41.7 Å². The van der Waals surface area contributed by atoms with E-state index in [1.807, 2.05) is 41.8 Å². The summed E-state index contributed by atoms with van der Waals surface area (Å²) < 4.78 is 1.94. The van der Waals surface area contributed by atoms with Gasteiger partial charge in [-0.25, -0.2) is 9.97 Å². The van der Waals surface area contributed by atoms with Crippen LogP contribution in [0, 0.1) is 6.92 Å². The van der Waals surface area contributed by atoms with Gasteiger partial charge in [0.25, 0.3) is 0 Å². The summed E-state index contributed by atoms with van der Waals surface area (Å²) >= 11 is 0. The van der Waals surface area contributed by atoms with Crippen LogP contribution in [0.2, 0.25) is 0 Å². The number of rotatable bonds is 4. The van der Waals surface area contributed by atoms with Crippen LogP contribution in [0.3, 0.4) is 0 Å². The van der Waals surface area contributed by atoms with Gasteiger partial charge >= 0.3 is 0 Å². The number of nitrogens with zero attached hydrogens (tertiary/aromatic N) is 6. The molecule has 118 valence electrons. The molecule has 0 aliphatic carbocycles. The Morgan fingerprint density at radius 2 is 2.04 bits per heavy atom. The monoisotopic (exact) mass is 310 g/mol. The lowest BCUT2D eigenvalue weighted by Crippen LogP contribution is -2.37. The van der Waals surface area contributed by atoms with E-state index in [1.54, 1.807) is 13.2 Å². The topological polar surface area (TPSA) is 92.4 Å². The summed E-state index contributed by atoms with van der Waals surface area (Å²) in [7, 11) is 1.72. The minimum Gasteiger partial charge on any atom is -0.351 e. The smallest absolute Gasteiger partial charge is 0.191 e. The normalized spacial score (nSPS) is 11.7. The van der Waals surface area contributed by atoms with Crippen LogP contribution in [0.1, 0.15) is 17.3 Å². The molecule has 3 rings (SSSR count). The first kappa shape index (κ1) is 14.9. The summed E-state index contributed by atoms with van der Waals surface area (Å²) in [5.74, 6) is 2.25. The quantitative estimate of drug-likeness (QED) is 0.544. The summed E-state index contributed by atoms with van der Waals surface area (Å²) in [5, 5.41) is 14.7. The Hall–Kier alpha value is -3.03. The highest BCUT2D eigenvalue weighted by Gasteiger charge is 2.06. The maximum Gasteiger partial charge on any atom is 0.191 e. The largest absolute Gasteiger partial charge is 0.351 e. The molecule has 0 aliphatic rings. The fourth-order valence-corrected chi connectivity index (χ4v) is 2.17. The molecule has 8 nitrogen and oxygen atoms in total. The van der Waals surface area contributed by atoms with Crippen LogP contribution in [0.4, 0.5) is 0 Å². The third-order valence-corrected chi connectivity index (χ3v) is 3.29. The fraction of sp³-hybridized carbons (Fsp3) is 0.267. The molecule has 3 aromatic rings. The van der Waals surface area contributed by atoms with Crippen molar-refractivity contribution >= 4 is 11.6 Å². The highest BCUT2D eigenvalue weighted by atomic mass is 15.3. The molecule has 0 spiro atoms. The molecule has 0 bridgehead atoms. The van der Waals surface area contributed by atoms with Gasteiger partial charge in [-0.15, -0.1) is 10.2 Å². The van der Waals surface area contributed by atoms with Gasteiger partial charge in [-0.2, -0.15) is 0 Å². The van der Waals surface area contributed by atoms with E-state index >= 15 is 0 Å². The molecule has 23 heavy (non-hydrogen) atoms. The SMILES string of the molecule is CN=C(NCc1ccnc(C)n1)NCc1nnc2ccccn12. The van der Waals surface area contributed by atoms with Gasteiger partial charge in [0.1, 0.15) is 5.82 Å². The van der Waals surface area contributed by atoms with Gasteiger partial charge in [-0.05, 0) is 25.1 Å². The lowest BCUT2D eigenvalue weighted by molar-refractivity contribution is 0.752. The number of aryl methyl sites for hydroxylation is 1. The van der Waals surface area contributed by atoms with Crippen LogP contribution < -0.4 is 10.6 Å². The Labute approximate surface area is 133 Å². The number of fused-ring (bicyclic) bond motifs is 1. The summed E-state index contributed by atoms with van der Waals surface area (Å²) in [6, 6.07) is 7.68. The minimum atomic E-state index is 0.521. The molecule has 0 aromatic carbocycles. The van der Waals surface area contributed by atoms with Crippen molar-refractivity contribution in [2.75, 3.05) is 7.05 Å². The molecular formula is C15H18N8. The van der Waals surface area contributed by atoms with Gasteiger partial charge in [-0.3, -0.25) is 9.39 Å². The van der Waals surface area contributed by atoms with Crippen LogP contribution in [0.25, 0.3) is 5.65 Å². The Morgan fingerprint density at radius 3 is 2.87 bits per heavy atom. The molecule has 8 heteroatoms. The van der Waals surface area contributed by atoms with E-state index in [0.29, 0.717) is 19.0 Å². The van der Waals surface area contributed by atoms with Crippen LogP contribution in [-0.4, -0.2) is 37.6 Å². The third-order valence-electron chi connectivity index (χ3n) is 3.29. The third kappa shape index (κ3) is 3.60. The molecule has 2 N–H and O–H groups in total. The molecule has 0 saturated heterocycles. The first-order valence-electron chi connectivity index (χ1n) is 7.28. The molecule has 3 heterocycles. The number of aliphatic imine (C=N–C) groups is 1. The predicted octanol–water partition coefficient (Wildman–Crippen LogP) is 0.693. The van der Waals surface area contributed by atoms with Gasteiger partial charge in [0.15, 0.2) is 17.4 Å². The summed E-state index contributed by atoms with van der Waals surface area (Å²) in [5.41, 5.74) is 1.73. The van der Waals surface area contributed by atoms with Crippen molar-refractivity contribution in [1.82, 2.24) is 35.2 Å². The molecule has 0 unspecified atom stereocenters. The van der Waals surface area contributed by atoms with Gasteiger partial charge < -0.3 is 10.6 Å². The second-order valence-electron chi connectivity index (χ2n) is 4.92. The first-order chi connectivity index (χ1) is 11.3. The van der Waals surface area contributed by atoms with E-state index in [0.717, 1.165) is 23.0 Å². The van der Waals surface area contributed by atoms with E-state index in [9.17, 15) is 0 Å². The number of hydrogen-bond donors (Lipinski definition) is 2. The van der Waals surface area contributed by atoms with Gasteiger partial charge in [0, 0.05) is 19.4 Å². The Kier molecular flexibility index (Phi) is 4.41. The van der Waals surface area contributed by atoms with E-state index in [1.165, 1.54) is 0 Å². The molecule has 0 saturated carbocycles. The number of pyridine rings is 1. The summed E-state index contributed by atoms with van der Waals surface area (Å²) in [4.78, 5) is 12.6. The molecule has 0 fully saturated rings. The zero-order chi connectivity index (χ0) is 16.1. The van der Waals surface area contributed by atoms with Crippen molar-refractivity contribution in [2.45, 2.75) is 20.0 Å². The van der Waals surface area contributed by atoms with Crippen molar-refractivity contribution in [2.24, 2.45) is 4.99 Å². The summed E-state index contributed by atoms with van der Waals surface area (Å²) in [6.45, 7) is 2.96. The number of aromatic nitrogens is 5. The molecule has 0 aliphatic heterocycles. The molecule has 0 amide bonds.